The first kappa shape index (κ1) is 23.6. The summed E-state index contributed by atoms with van der Waals surface area (Å²) in [5, 5.41) is 0.910. The highest BCUT2D eigenvalue weighted by molar-refractivity contribution is 6.31. The highest BCUT2D eigenvalue weighted by Gasteiger charge is 2.40. The minimum absolute atomic E-state index is 0.0593. The minimum atomic E-state index is -1.53. The Morgan fingerprint density at radius 2 is 2.00 bits per heavy atom. The van der Waals surface area contributed by atoms with Crippen molar-refractivity contribution in [2.24, 2.45) is 0 Å². The minimum Gasteiger partial charge on any atom is -0.357 e. The van der Waals surface area contributed by atoms with Crippen molar-refractivity contribution in [3.63, 3.8) is 0 Å². The number of alkyl halides is 1. The molecule has 2 aromatic carbocycles. The molecule has 1 aromatic heterocycles. The van der Waals surface area contributed by atoms with E-state index in [1.54, 1.807) is 12.1 Å². The second kappa shape index (κ2) is 8.65. The highest BCUT2D eigenvalue weighted by Crippen LogP contribution is 2.44. The van der Waals surface area contributed by atoms with E-state index in [9.17, 15) is 13.6 Å². The van der Waals surface area contributed by atoms with E-state index in [4.69, 9.17) is 11.6 Å². The van der Waals surface area contributed by atoms with Crippen LogP contribution in [0, 0.1) is 11.6 Å². The highest BCUT2D eigenvalue weighted by atomic mass is 35.5. The molecule has 0 bridgehead atoms. The van der Waals surface area contributed by atoms with Gasteiger partial charge in [0.2, 0.25) is 0 Å². The number of ketones is 1. The fraction of sp³-hybridized carbons (Fsp3) is 0.346. The number of aromatic nitrogens is 1. The fourth-order valence-electron chi connectivity index (χ4n) is 4.69. The lowest BCUT2D eigenvalue weighted by molar-refractivity contribution is -0.112. The van der Waals surface area contributed by atoms with Crippen LogP contribution in [-0.2, 0) is 11.2 Å². The molecular weight excluding hydrogens is 449 g/mol. The van der Waals surface area contributed by atoms with Crippen LogP contribution in [0.3, 0.4) is 0 Å². The van der Waals surface area contributed by atoms with Crippen LogP contribution in [0.5, 0.6) is 0 Å². The maximum Gasteiger partial charge on any atom is 0.152 e. The molecule has 3 nitrogen and oxygen atoms in total. The number of halogens is 4. The number of aromatic amines is 1. The summed E-state index contributed by atoms with van der Waals surface area (Å²) in [6.45, 7) is 6.39. The maximum atomic E-state index is 15.6. The van der Waals surface area contributed by atoms with Crippen molar-refractivity contribution >= 4 is 34.4 Å². The van der Waals surface area contributed by atoms with Gasteiger partial charge in [-0.05, 0) is 81.7 Å². The number of rotatable bonds is 5. The molecule has 2 heterocycles. The topological polar surface area (TPSA) is 36.1 Å². The molecule has 4 rings (SSSR count). The normalized spacial score (nSPS) is 19.4. The van der Waals surface area contributed by atoms with Crippen molar-refractivity contribution in [3.8, 4) is 0 Å². The molecule has 0 spiro atoms. The molecule has 1 aliphatic rings. The summed E-state index contributed by atoms with van der Waals surface area (Å²) < 4.78 is 44.4. The fourth-order valence-corrected chi connectivity index (χ4v) is 5.01. The third-order valence-corrected chi connectivity index (χ3v) is 6.33. The number of hydrogen-bond acceptors (Lipinski definition) is 2. The summed E-state index contributed by atoms with van der Waals surface area (Å²) >= 11 is 6.60. The predicted octanol–water partition coefficient (Wildman–Crippen LogP) is 6.79. The number of nitrogens with zero attached hydrogens (tertiary/aromatic N) is 1. The van der Waals surface area contributed by atoms with Crippen molar-refractivity contribution in [2.75, 3.05) is 6.54 Å². The average molecular weight is 475 g/mol. The van der Waals surface area contributed by atoms with E-state index in [2.05, 4.69) is 4.98 Å². The van der Waals surface area contributed by atoms with E-state index >= 15 is 4.39 Å². The van der Waals surface area contributed by atoms with Gasteiger partial charge in [0.05, 0.1) is 6.04 Å². The molecule has 0 saturated carbocycles. The van der Waals surface area contributed by atoms with Gasteiger partial charge in [0.25, 0.3) is 0 Å². The van der Waals surface area contributed by atoms with E-state index in [-0.39, 0.29) is 34.8 Å². The number of nitrogens with one attached hydrogen (secondary N) is 1. The third-order valence-electron chi connectivity index (χ3n) is 6.02. The first-order valence-electron chi connectivity index (χ1n) is 10.9. The van der Waals surface area contributed by atoms with Gasteiger partial charge in [0, 0.05) is 39.8 Å². The Hall–Kier alpha value is -2.57. The summed E-state index contributed by atoms with van der Waals surface area (Å²) in [6, 6.07) is 6.58. The number of carbonyl (C=O) groups excluding carboxylic acids is 1. The summed E-state index contributed by atoms with van der Waals surface area (Å²) in [6.07, 6.45) is 3.41. The van der Waals surface area contributed by atoms with Crippen LogP contribution in [-0.4, -0.2) is 33.9 Å². The molecule has 2 unspecified atom stereocenters. The number of carbonyl (C=O) groups is 1. The Labute approximate surface area is 196 Å². The third kappa shape index (κ3) is 4.73. The number of hydrogen-bond donors (Lipinski definition) is 1. The van der Waals surface area contributed by atoms with E-state index in [1.807, 2.05) is 11.8 Å². The van der Waals surface area contributed by atoms with Gasteiger partial charge in [-0.25, -0.2) is 13.2 Å². The molecule has 1 N–H and O–H groups in total. The summed E-state index contributed by atoms with van der Waals surface area (Å²) in [7, 11) is 0. The second-order valence-electron chi connectivity index (χ2n) is 9.40. The molecule has 174 valence electrons. The SMILES string of the molecule is CC(=O)/C=C/c1cc(F)c(C2c3[nH]c4ccc(F)cc4c3CC(C)N2CC(C)(C)F)c(Cl)c1. The van der Waals surface area contributed by atoms with Crippen LogP contribution < -0.4 is 0 Å². The summed E-state index contributed by atoms with van der Waals surface area (Å²) in [4.78, 5) is 16.5. The Morgan fingerprint density at radius 3 is 2.64 bits per heavy atom. The van der Waals surface area contributed by atoms with Gasteiger partial charge in [-0.1, -0.05) is 17.7 Å². The summed E-state index contributed by atoms with van der Waals surface area (Å²) in [5.41, 5.74) is 1.45. The maximum absolute atomic E-state index is 15.6. The number of allylic oxidation sites excluding steroid dienone is 1. The van der Waals surface area contributed by atoms with E-state index in [1.165, 1.54) is 51.1 Å². The average Bonchev–Trinajstić information content (AvgIpc) is 3.04. The van der Waals surface area contributed by atoms with Crippen LogP contribution in [0.4, 0.5) is 13.2 Å². The van der Waals surface area contributed by atoms with Gasteiger partial charge in [-0.3, -0.25) is 9.69 Å². The van der Waals surface area contributed by atoms with Crippen molar-refractivity contribution < 1.29 is 18.0 Å². The van der Waals surface area contributed by atoms with Crippen molar-refractivity contribution in [3.05, 3.63) is 75.4 Å². The van der Waals surface area contributed by atoms with Gasteiger partial charge in [0.1, 0.15) is 17.3 Å². The Balaban J connectivity index is 1.93. The van der Waals surface area contributed by atoms with Gasteiger partial charge >= 0.3 is 0 Å². The van der Waals surface area contributed by atoms with Crippen LogP contribution >= 0.6 is 11.6 Å². The lowest BCUT2D eigenvalue weighted by atomic mass is 9.87. The molecule has 0 fully saturated rings. The van der Waals surface area contributed by atoms with Gasteiger partial charge in [-0.15, -0.1) is 0 Å². The van der Waals surface area contributed by atoms with E-state index < -0.39 is 17.5 Å². The van der Waals surface area contributed by atoms with Crippen LogP contribution in [0.25, 0.3) is 17.0 Å². The van der Waals surface area contributed by atoms with E-state index in [0.717, 1.165) is 16.5 Å². The van der Waals surface area contributed by atoms with Crippen LogP contribution in [0.15, 0.2) is 36.4 Å². The zero-order valence-corrected chi connectivity index (χ0v) is 19.7. The lowest BCUT2D eigenvalue weighted by Gasteiger charge is -2.43. The first-order chi connectivity index (χ1) is 15.4. The molecule has 1 aliphatic heterocycles. The monoisotopic (exact) mass is 474 g/mol. The number of fused-ring (bicyclic) bond motifs is 3. The molecule has 33 heavy (non-hydrogen) atoms. The molecule has 0 aliphatic carbocycles. The summed E-state index contributed by atoms with van der Waals surface area (Å²) in [5.74, 6) is -1.07. The first-order valence-corrected chi connectivity index (χ1v) is 11.2. The van der Waals surface area contributed by atoms with Crippen molar-refractivity contribution in [1.29, 1.82) is 0 Å². The number of benzene rings is 2. The van der Waals surface area contributed by atoms with Gasteiger partial charge in [0.15, 0.2) is 5.78 Å². The molecule has 0 amide bonds. The largest absolute Gasteiger partial charge is 0.357 e. The Kier molecular flexibility index (Phi) is 6.18. The zero-order valence-electron chi connectivity index (χ0n) is 19.0. The standard InChI is InChI=1S/C26H26ClF3N2O/c1-14-9-19-18-12-17(28)7-8-22(18)31-24(19)25(32(14)13-26(3,4)30)23-20(27)10-16(11-21(23)29)6-5-15(2)33/h5-8,10-12,14,25,31H,9,13H2,1-4H3/b6-5+. The smallest absolute Gasteiger partial charge is 0.152 e. The lowest BCUT2D eigenvalue weighted by Crippen LogP contribution is -2.48. The zero-order chi connectivity index (χ0) is 24.1. The second-order valence-corrected chi connectivity index (χ2v) is 9.80. The molecule has 0 radical (unpaired) electrons. The Bertz CT molecular complexity index is 1240. The van der Waals surface area contributed by atoms with Crippen molar-refractivity contribution in [2.45, 2.75) is 51.9 Å². The number of H-pyrrole nitrogens is 1. The predicted molar refractivity (Wildman–Crippen MR) is 126 cm³/mol. The molecule has 3 aromatic rings. The van der Waals surface area contributed by atoms with E-state index in [0.29, 0.717) is 17.7 Å². The van der Waals surface area contributed by atoms with Gasteiger partial charge < -0.3 is 4.98 Å². The molecule has 7 heteroatoms. The molecular formula is C26H26ClF3N2O. The molecule has 2 atom stereocenters. The Morgan fingerprint density at radius 1 is 1.27 bits per heavy atom. The van der Waals surface area contributed by atoms with Gasteiger partial charge in [-0.2, -0.15) is 0 Å². The van der Waals surface area contributed by atoms with Crippen molar-refractivity contribution in [1.82, 2.24) is 9.88 Å². The quantitative estimate of drug-likeness (QED) is 0.413. The molecule has 0 saturated heterocycles. The van der Waals surface area contributed by atoms with Crippen LogP contribution in [0.2, 0.25) is 5.02 Å². The van der Waals surface area contributed by atoms with Crippen LogP contribution in [0.1, 0.15) is 56.1 Å².